The van der Waals surface area contributed by atoms with E-state index in [-0.39, 0.29) is 0 Å². The Morgan fingerprint density at radius 1 is 1.11 bits per heavy atom. The monoisotopic (exact) mass is 248 g/mol. The molecule has 0 aromatic carbocycles. The molecule has 0 amide bonds. The van der Waals surface area contributed by atoms with E-state index in [1.807, 2.05) is 12.3 Å². The van der Waals surface area contributed by atoms with Gasteiger partial charge in [0.1, 0.15) is 0 Å². The van der Waals surface area contributed by atoms with Crippen molar-refractivity contribution >= 4 is 0 Å². The lowest BCUT2D eigenvalue weighted by Gasteiger charge is -2.17. The Labute approximate surface area is 112 Å². The van der Waals surface area contributed by atoms with E-state index in [2.05, 4.69) is 36.3 Å². The number of rotatable bonds is 10. The fraction of sp³-hybridized carbons (Fsp3) is 0.688. The van der Waals surface area contributed by atoms with Gasteiger partial charge in [-0.2, -0.15) is 0 Å². The number of hydrogen-bond acceptors (Lipinski definition) is 2. The lowest BCUT2D eigenvalue weighted by atomic mass is 10.0. The fourth-order valence-electron chi connectivity index (χ4n) is 2.32. The lowest BCUT2D eigenvalue weighted by molar-refractivity contribution is 0.440. The van der Waals surface area contributed by atoms with Crippen LogP contribution in [0.4, 0.5) is 0 Å². The van der Waals surface area contributed by atoms with Crippen molar-refractivity contribution in [2.24, 2.45) is 0 Å². The summed E-state index contributed by atoms with van der Waals surface area (Å²) in [5.41, 5.74) is 1.22. The van der Waals surface area contributed by atoms with Crippen molar-refractivity contribution in [2.45, 2.75) is 64.8 Å². The summed E-state index contributed by atoms with van der Waals surface area (Å²) in [7, 11) is 0. The Hall–Kier alpha value is -0.890. The van der Waals surface area contributed by atoms with Gasteiger partial charge in [-0.25, -0.2) is 0 Å². The molecule has 1 aromatic heterocycles. The van der Waals surface area contributed by atoms with Gasteiger partial charge in [-0.1, -0.05) is 45.6 Å². The van der Waals surface area contributed by atoms with Crippen LogP contribution in [0.1, 0.15) is 58.1 Å². The third-order valence-electron chi connectivity index (χ3n) is 3.37. The van der Waals surface area contributed by atoms with Crippen LogP contribution in [-0.4, -0.2) is 17.6 Å². The second-order valence-corrected chi connectivity index (χ2v) is 4.96. The van der Waals surface area contributed by atoms with E-state index in [1.54, 1.807) is 0 Å². The first-order valence-electron chi connectivity index (χ1n) is 7.50. The molecule has 1 atom stereocenters. The van der Waals surface area contributed by atoms with E-state index in [4.69, 9.17) is 0 Å². The molecule has 1 aromatic rings. The molecule has 0 spiro atoms. The Balaban J connectivity index is 2.24. The van der Waals surface area contributed by atoms with Crippen molar-refractivity contribution in [1.29, 1.82) is 0 Å². The topological polar surface area (TPSA) is 24.9 Å². The molecule has 1 unspecified atom stereocenters. The van der Waals surface area contributed by atoms with Gasteiger partial charge >= 0.3 is 0 Å². The van der Waals surface area contributed by atoms with E-state index in [0.29, 0.717) is 6.04 Å². The molecular formula is C16H28N2. The summed E-state index contributed by atoms with van der Waals surface area (Å²) in [6, 6.07) is 6.84. The second kappa shape index (κ2) is 10.1. The summed E-state index contributed by atoms with van der Waals surface area (Å²) >= 11 is 0. The second-order valence-electron chi connectivity index (χ2n) is 4.96. The zero-order valence-electron chi connectivity index (χ0n) is 12.0. The van der Waals surface area contributed by atoms with Gasteiger partial charge in [-0.05, 0) is 37.9 Å². The Morgan fingerprint density at radius 3 is 2.67 bits per heavy atom. The van der Waals surface area contributed by atoms with E-state index < -0.39 is 0 Å². The minimum Gasteiger partial charge on any atom is -0.314 e. The molecular weight excluding hydrogens is 220 g/mol. The van der Waals surface area contributed by atoms with E-state index in [1.165, 1.54) is 44.2 Å². The first kappa shape index (κ1) is 15.2. The minimum atomic E-state index is 0.661. The van der Waals surface area contributed by atoms with Crippen LogP contribution in [0.3, 0.4) is 0 Å². The number of hydrogen-bond donors (Lipinski definition) is 1. The summed E-state index contributed by atoms with van der Waals surface area (Å²) in [5.74, 6) is 0. The summed E-state index contributed by atoms with van der Waals surface area (Å²) in [4.78, 5) is 4.39. The van der Waals surface area contributed by atoms with Gasteiger partial charge in [0.25, 0.3) is 0 Å². The minimum absolute atomic E-state index is 0.661. The molecule has 2 heteroatoms. The van der Waals surface area contributed by atoms with Crippen LogP contribution in [0.15, 0.2) is 24.4 Å². The maximum atomic E-state index is 4.39. The standard InChI is InChI=1S/C16H28N2/c1-3-5-6-7-10-15(17-4-2)12-13-16-11-8-9-14-18-16/h8-9,11,14-15,17H,3-7,10,12-13H2,1-2H3. The molecule has 0 aliphatic rings. The molecule has 0 fully saturated rings. The van der Waals surface area contributed by atoms with E-state index in [0.717, 1.165) is 13.0 Å². The van der Waals surface area contributed by atoms with Gasteiger partial charge in [0.05, 0.1) is 0 Å². The highest BCUT2D eigenvalue weighted by Crippen LogP contribution is 2.10. The van der Waals surface area contributed by atoms with Crippen LogP contribution < -0.4 is 5.32 Å². The van der Waals surface area contributed by atoms with E-state index >= 15 is 0 Å². The number of nitrogens with zero attached hydrogens (tertiary/aromatic N) is 1. The quantitative estimate of drug-likeness (QED) is 0.634. The summed E-state index contributed by atoms with van der Waals surface area (Å²) in [6.45, 7) is 5.53. The molecule has 1 rings (SSSR count). The molecule has 1 heterocycles. The van der Waals surface area contributed by atoms with Crippen LogP contribution in [0.5, 0.6) is 0 Å². The van der Waals surface area contributed by atoms with Crippen molar-refractivity contribution in [2.75, 3.05) is 6.54 Å². The van der Waals surface area contributed by atoms with Gasteiger partial charge in [0.15, 0.2) is 0 Å². The zero-order valence-corrected chi connectivity index (χ0v) is 12.0. The molecule has 2 nitrogen and oxygen atoms in total. The molecule has 0 saturated heterocycles. The highest BCUT2D eigenvalue weighted by molar-refractivity contribution is 5.03. The fourth-order valence-corrected chi connectivity index (χ4v) is 2.32. The largest absolute Gasteiger partial charge is 0.314 e. The third-order valence-corrected chi connectivity index (χ3v) is 3.37. The molecule has 0 bridgehead atoms. The number of aromatic nitrogens is 1. The smallest absolute Gasteiger partial charge is 0.0404 e. The summed E-state index contributed by atoms with van der Waals surface area (Å²) < 4.78 is 0. The van der Waals surface area contributed by atoms with Crippen molar-refractivity contribution in [3.05, 3.63) is 30.1 Å². The van der Waals surface area contributed by atoms with Gasteiger partial charge in [0.2, 0.25) is 0 Å². The zero-order chi connectivity index (χ0) is 13.1. The molecule has 0 aliphatic carbocycles. The summed E-state index contributed by atoms with van der Waals surface area (Å²) in [5, 5.41) is 3.60. The number of pyridine rings is 1. The van der Waals surface area contributed by atoms with Gasteiger partial charge in [-0.3, -0.25) is 4.98 Å². The molecule has 102 valence electrons. The van der Waals surface area contributed by atoms with Crippen LogP contribution >= 0.6 is 0 Å². The average Bonchev–Trinajstić information content (AvgIpc) is 2.42. The summed E-state index contributed by atoms with van der Waals surface area (Å²) in [6.07, 6.45) is 10.9. The molecule has 18 heavy (non-hydrogen) atoms. The van der Waals surface area contributed by atoms with Gasteiger partial charge in [0, 0.05) is 17.9 Å². The van der Waals surface area contributed by atoms with Crippen molar-refractivity contribution in [1.82, 2.24) is 10.3 Å². The van der Waals surface area contributed by atoms with Crippen molar-refractivity contribution in [3.63, 3.8) is 0 Å². The van der Waals surface area contributed by atoms with Gasteiger partial charge in [-0.15, -0.1) is 0 Å². The normalized spacial score (nSPS) is 12.6. The predicted molar refractivity (Wildman–Crippen MR) is 78.8 cm³/mol. The maximum Gasteiger partial charge on any atom is 0.0404 e. The van der Waals surface area contributed by atoms with Crippen LogP contribution in [0.2, 0.25) is 0 Å². The van der Waals surface area contributed by atoms with Gasteiger partial charge < -0.3 is 5.32 Å². The Kier molecular flexibility index (Phi) is 8.49. The number of unbranched alkanes of at least 4 members (excludes halogenated alkanes) is 3. The number of nitrogens with one attached hydrogen (secondary N) is 1. The predicted octanol–water partition coefficient (Wildman–Crippen LogP) is 3.96. The van der Waals surface area contributed by atoms with Crippen molar-refractivity contribution in [3.8, 4) is 0 Å². The maximum absolute atomic E-state index is 4.39. The number of aryl methyl sites for hydroxylation is 1. The molecule has 0 radical (unpaired) electrons. The highest BCUT2D eigenvalue weighted by atomic mass is 14.9. The SMILES string of the molecule is CCCCCCC(CCc1ccccn1)NCC. The first-order valence-corrected chi connectivity index (χ1v) is 7.50. The molecule has 0 aliphatic heterocycles. The molecule has 0 saturated carbocycles. The van der Waals surface area contributed by atoms with Crippen LogP contribution in [-0.2, 0) is 6.42 Å². The lowest BCUT2D eigenvalue weighted by Crippen LogP contribution is -2.29. The first-order chi connectivity index (χ1) is 8.86. The van der Waals surface area contributed by atoms with Crippen LogP contribution in [0.25, 0.3) is 0 Å². The average molecular weight is 248 g/mol. The highest BCUT2D eigenvalue weighted by Gasteiger charge is 2.07. The third kappa shape index (κ3) is 6.75. The van der Waals surface area contributed by atoms with Crippen molar-refractivity contribution < 1.29 is 0 Å². The Bertz CT molecular complexity index is 284. The van der Waals surface area contributed by atoms with Crippen LogP contribution in [0, 0.1) is 0 Å². The molecule has 1 N–H and O–H groups in total. The van der Waals surface area contributed by atoms with E-state index in [9.17, 15) is 0 Å². The Morgan fingerprint density at radius 2 is 2.00 bits per heavy atom.